The van der Waals surface area contributed by atoms with Gasteiger partial charge in [0.05, 0.1) is 6.21 Å². The van der Waals surface area contributed by atoms with Gasteiger partial charge in [-0.05, 0) is 16.8 Å². The summed E-state index contributed by atoms with van der Waals surface area (Å²) in [6.07, 6.45) is 1.30. The van der Waals surface area contributed by atoms with Gasteiger partial charge in [0.2, 0.25) is 0 Å². The quantitative estimate of drug-likeness (QED) is 0.427. The zero-order valence-electron chi connectivity index (χ0n) is 10.8. The molecule has 20 heavy (non-hydrogen) atoms. The van der Waals surface area contributed by atoms with E-state index in [2.05, 4.69) is 15.8 Å². The minimum atomic E-state index is -0.872. The first-order chi connectivity index (χ1) is 9.63. The Balaban J connectivity index is 2.27. The van der Waals surface area contributed by atoms with Crippen LogP contribution in [-0.4, -0.2) is 30.2 Å². The molecule has 0 bridgehead atoms. The second kappa shape index (κ2) is 5.83. The minimum Gasteiger partial charge on any atom is -0.507 e. The fourth-order valence-electron chi connectivity index (χ4n) is 1.74. The molecule has 0 unspecified atom stereocenters. The Kier molecular flexibility index (Phi) is 3.95. The Hall–Kier alpha value is -2.89. The maximum absolute atomic E-state index is 11.2. The topological polar surface area (TPSA) is 90.8 Å². The molecule has 0 saturated carbocycles. The van der Waals surface area contributed by atoms with E-state index in [0.29, 0.717) is 5.56 Å². The Labute approximate surface area is 115 Å². The van der Waals surface area contributed by atoms with Crippen molar-refractivity contribution in [3.8, 4) is 5.75 Å². The molecule has 2 rings (SSSR count). The zero-order chi connectivity index (χ0) is 14.5. The van der Waals surface area contributed by atoms with E-state index in [4.69, 9.17) is 0 Å². The number of fused-ring (bicyclic) bond motifs is 1. The van der Waals surface area contributed by atoms with Crippen LogP contribution in [0.5, 0.6) is 5.75 Å². The van der Waals surface area contributed by atoms with Crippen LogP contribution in [0, 0.1) is 0 Å². The smallest absolute Gasteiger partial charge is 0.329 e. The summed E-state index contributed by atoms with van der Waals surface area (Å²) in [7, 11) is 1.35. The maximum Gasteiger partial charge on any atom is 0.329 e. The van der Waals surface area contributed by atoms with Crippen molar-refractivity contribution >= 4 is 28.8 Å². The molecule has 2 aromatic rings. The summed E-state index contributed by atoms with van der Waals surface area (Å²) < 4.78 is 0. The second-order valence-corrected chi connectivity index (χ2v) is 4.00. The van der Waals surface area contributed by atoms with Gasteiger partial charge in [0, 0.05) is 12.6 Å². The van der Waals surface area contributed by atoms with E-state index in [1.807, 2.05) is 24.3 Å². The van der Waals surface area contributed by atoms with E-state index in [0.717, 1.165) is 10.8 Å². The number of hydrazone groups is 1. The Morgan fingerprint density at radius 2 is 1.90 bits per heavy atom. The van der Waals surface area contributed by atoms with Crippen molar-refractivity contribution in [3.63, 3.8) is 0 Å². The molecule has 0 heterocycles. The number of likely N-dealkylation sites (N-methyl/N-ethyl adjacent to an activating group) is 1. The standard InChI is InChI=1S/C14H13N3O3/c1-15-13(19)14(20)17-16-8-11-10-5-3-2-4-9(10)6-7-12(11)18/h2-8,18H,1H3,(H,15,19)(H,17,20)/b16-8+. The maximum atomic E-state index is 11.2. The molecule has 0 spiro atoms. The number of carbonyl (C=O) groups excluding carboxylic acids is 2. The van der Waals surface area contributed by atoms with Crippen molar-refractivity contribution in [2.75, 3.05) is 7.05 Å². The van der Waals surface area contributed by atoms with Crippen LogP contribution in [0.15, 0.2) is 41.5 Å². The molecule has 6 heteroatoms. The van der Waals surface area contributed by atoms with Gasteiger partial charge in [-0.3, -0.25) is 9.59 Å². The highest BCUT2D eigenvalue weighted by molar-refractivity contribution is 6.35. The number of phenolic OH excluding ortho intramolecular Hbond substituents is 1. The van der Waals surface area contributed by atoms with E-state index in [1.54, 1.807) is 12.1 Å². The average Bonchev–Trinajstić information content (AvgIpc) is 2.48. The van der Waals surface area contributed by atoms with Crippen LogP contribution in [0.4, 0.5) is 0 Å². The van der Waals surface area contributed by atoms with Gasteiger partial charge < -0.3 is 10.4 Å². The van der Waals surface area contributed by atoms with Crippen molar-refractivity contribution in [2.45, 2.75) is 0 Å². The van der Waals surface area contributed by atoms with Crippen LogP contribution in [0.2, 0.25) is 0 Å². The highest BCUT2D eigenvalue weighted by Gasteiger charge is 2.09. The normalized spacial score (nSPS) is 10.7. The third-order valence-electron chi connectivity index (χ3n) is 2.74. The molecule has 0 atom stereocenters. The molecule has 6 nitrogen and oxygen atoms in total. The van der Waals surface area contributed by atoms with E-state index in [1.165, 1.54) is 13.3 Å². The van der Waals surface area contributed by atoms with Crippen LogP contribution in [0.25, 0.3) is 10.8 Å². The lowest BCUT2D eigenvalue weighted by molar-refractivity contribution is -0.138. The van der Waals surface area contributed by atoms with Crippen molar-refractivity contribution in [2.24, 2.45) is 5.10 Å². The van der Waals surface area contributed by atoms with Crippen molar-refractivity contribution in [1.82, 2.24) is 10.7 Å². The molecule has 0 aromatic heterocycles. The van der Waals surface area contributed by atoms with Gasteiger partial charge >= 0.3 is 11.8 Å². The molecule has 102 valence electrons. The molecular formula is C14H13N3O3. The van der Waals surface area contributed by atoms with Gasteiger partial charge in [0.15, 0.2) is 0 Å². The third-order valence-corrected chi connectivity index (χ3v) is 2.74. The van der Waals surface area contributed by atoms with Gasteiger partial charge in [-0.25, -0.2) is 5.43 Å². The number of amides is 2. The lowest BCUT2D eigenvalue weighted by Gasteiger charge is -2.04. The predicted octanol–water partition coefficient (Wildman–Crippen LogP) is 0.741. The fraction of sp³-hybridized carbons (Fsp3) is 0.0714. The van der Waals surface area contributed by atoms with Crippen LogP contribution in [0.1, 0.15) is 5.56 Å². The Bertz CT molecular complexity index is 695. The molecule has 0 saturated heterocycles. The summed E-state index contributed by atoms with van der Waals surface area (Å²) in [6, 6.07) is 10.8. The molecule has 0 aliphatic heterocycles. The number of nitrogens with one attached hydrogen (secondary N) is 2. The van der Waals surface area contributed by atoms with E-state index < -0.39 is 11.8 Å². The van der Waals surface area contributed by atoms with Crippen molar-refractivity contribution in [3.05, 3.63) is 42.0 Å². The molecule has 0 aliphatic rings. The highest BCUT2D eigenvalue weighted by atomic mass is 16.3. The van der Waals surface area contributed by atoms with Gasteiger partial charge in [0.1, 0.15) is 5.75 Å². The number of hydrogen-bond acceptors (Lipinski definition) is 4. The summed E-state index contributed by atoms with van der Waals surface area (Å²) in [5.74, 6) is -1.62. The van der Waals surface area contributed by atoms with Gasteiger partial charge in [-0.1, -0.05) is 30.3 Å². The molecule has 2 amide bonds. The number of nitrogens with zero attached hydrogens (tertiary/aromatic N) is 1. The number of aromatic hydroxyl groups is 1. The highest BCUT2D eigenvalue weighted by Crippen LogP contribution is 2.25. The van der Waals surface area contributed by atoms with E-state index in [9.17, 15) is 14.7 Å². The van der Waals surface area contributed by atoms with Gasteiger partial charge in [0.25, 0.3) is 0 Å². The molecular weight excluding hydrogens is 258 g/mol. The number of benzene rings is 2. The first-order valence-corrected chi connectivity index (χ1v) is 5.89. The number of phenols is 1. The fourth-order valence-corrected chi connectivity index (χ4v) is 1.74. The second-order valence-electron chi connectivity index (χ2n) is 4.00. The monoisotopic (exact) mass is 271 g/mol. The summed E-state index contributed by atoms with van der Waals surface area (Å²) in [5.41, 5.74) is 2.55. The van der Waals surface area contributed by atoms with Crippen LogP contribution in [0.3, 0.4) is 0 Å². The molecule has 0 radical (unpaired) electrons. The van der Waals surface area contributed by atoms with Crippen LogP contribution >= 0.6 is 0 Å². The first kappa shape index (κ1) is 13.5. The van der Waals surface area contributed by atoms with Crippen molar-refractivity contribution < 1.29 is 14.7 Å². The molecule has 0 fully saturated rings. The van der Waals surface area contributed by atoms with E-state index >= 15 is 0 Å². The van der Waals surface area contributed by atoms with Crippen LogP contribution < -0.4 is 10.7 Å². The Morgan fingerprint density at radius 3 is 2.65 bits per heavy atom. The van der Waals surface area contributed by atoms with Crippen LogP contribution in [-0.2, 0) is 9.59 Å². The summed E-state index contributed by atoms with van der Waals surface area (Å²) in [4.78, 5) is 22.2. The minimum absolute atomic E-state index is 0.0432. The van der Waals surface area contributed by atoms with Gasteiger partial charge in [-0.2, -0.15) is 5.10 Å². The summed E-state index contributed by atoms with van der Waals surface area (Å²) >= 11 is 0. The molecule has 2 aromatic carbocycles. The largest absolute Gasteiger partial charge is 0.507 e. The SMILES string of the molecule is CNC(=O)C(=O)N/N=C/c1c(O)ccc2ccccc12. The number of hydrogen-bond donors (Lipinski definition) is 3. The third kappa shape index (κ3) is 2.74. The van der Waals surface area contributed by atoms with E-state index in [-0.39, 0.29) is 5.75 Å². The lowest BCUT2D eigenvalue weighted by atomic mass is 10.0. The van der Waals surface area contributed by atoms with Crippen molar-refractivity contribution in [1.29, 1.82) is 0 Å². The summed E-state index contributed by atoms with van der Waals surface area (Å²) in [6.45, 7) is 0. The molecule has 0 aliphatic carbocycles. The summed E-state index contributed by atoms with van der Waals surface area (Å²) in [5, 5.41) is 17.4. The molecule has 3 N–H and O–H groups in total. The number of carbonyl (C=O) groups is 2. The Morgan fingerprint density at radius 1 is 1.15 bits per heavy atom. The zero-order valence-corrected chi connectivity index (χ0v) is 10.8. The predicted molar refractivity (Wildman–Crippen MR) is 75.4 cm³/mol. The average molecular weight is 271 g/mol. The lowest BCUT2D eigenvalue weighted by Crippen LogP contribution is -2.35. The number of rotatable bonds is 2. The first-order valence-electron chi connectivity index (χ1n) is 5.89. The van der Waals surface area contributed by atoms with Gasteiger partial charge in [-0.15, -0.1) is 0 Å².